The fraction of sp³-hybridized carbons (Fsp3) is 0.310. The number of halogens is 2. The summed E-state index contributed by atoms with van der Waals surface area (Å²) in [4.78, 5) is 28.5. The molecular weight excluding hydrogens is 585 g/mol. The van der Waals surface area contributed by atoms with E-state index in [0.717, 1.165) is 4.31 Å². The van der Waals surface area contributed by atoms with Crippen LogP contribution in [0.2, 0.25) is 0 Å². The second kappa shape index (κ2) is 13.7. The van der Waals surface area contributed by atoms with E-state index in [1.54, 1.807) is 61.5 Å². The lowest BCUT2D eigenvalue weighted by Crippen LogP contribution is -2.52. The molecule has 0 fully saturated rings. The van der Waals surface area contributed by atoms with Crippen LogP contribution in [0.25, 0.3) is 0 Å². The van der Waals surface area contributed by atoms with Gasteiger partial charge in [-0.25, -0.2) is 12.8 Å². The first-order valence-electron chi connectivity index (χ1n) is 12.7. The topological polar surface area (TPSA) is 86.8 Å². The highest BCUT2D eigenvalue weighted by atomic mass is 79.9. The van der Waals surface area contributed by atoms with Crippen LogP contribution in [0.4, 0.5) is 10.1 Å². The molecule has 0 aliphatic rings. The predicted octanol–water partition coefficient (Wildman–Crippen LogP) is 5.36. The SMILES string of the molecule is CCC(C(=O)NCC(C)C)N(Cc1ccc(F)cc1)C(=O)CN(c1cccc(Br)c1)S(=O)(=O)c1ccccc1. The zero-order chi connectivity index (χ0) is 28.6. The molecule has 7 nitrogen and oxygen atoms in total. The molecule has 3 aromatic rings. The van der Waals surface area contributed by atoms with Crippen molar-refractivity contribution in [2.24, 2.45) is 5.92 Å². The van der Waals surface area contributed by atoms with Crippen LogP contribution >= 0.6 is 15.9 Å². The summed E-state index contributed by atoms with van der Waals surface area (Å²) >= 11 is 3.38. The Balaban J connectivity index is 2.03. The van der Waals surface area contributed by atoms with E-state index in [4.69, 9.17) is 0 Å². The van der Waals surface area contributed by atoms with Crippen LogP contribution in [0.5, 0.6) is 0 Å². The summed E-state index contributed by atoms with van der Waals surface area (Å²) in [5.41, 5.74) is 0.903. The second-order valence-electron chi connectivity index (χ2n) is 9.52. The van der Waals surface area contributed by atoms with Crippen molar-refractivity contribution in [3.63, 3.8) is 0 Å². The number of rotatable bonds is 12. The maximum Gasteiger partial charge on any atom is 0.264 e. The van der Waals surface area contributed by atoms with Gasteiger partial charge in [0, 0.05) is 17.6 Å². The van der Waals surface area contributed by atoms with E-state index in [2.05, 4.69) is 21.2 Å². The van der Waals surface area contributed by atoms with E-state index in [-0.39, 0.29) is 23.3 Å². The number of carbonyl (C=O) groups is 2. The lowest BCUT2D eigenvalue weighted by atomic mass is 10.1. The number of benzene rings is 3. The molecule has 2 amide bonds. The Kier molecular flexibility index (Phi) is 10.7. The van der Waals surface area contributed by atoms with Crippen LogP contribution in [0.1, 0.15) is 32.8 Å². The number of nitrogens with zero attached hydrogens (tertiary/aromatic N) is 2. The molecular formula is C29H33BrFN3O4S. The molecule has 0 saturated heterocycles. The molecule has 0 bridgehead atoms. The fourth-order valence-corrected chi connectivity index (χ4v) is 5.82. The highest BCUT2D eigenvalue weighted by Gasteiger charge is 2.33. The van der Waals surface area contributed by atoms with E-state index < -0.39 is 34.3 Å². The normalized spacial score (nSPS) is 12.2. The maximum absolute atomic E-state index is 14.0. The van der Waals surface area contributed by atoms with Crippen molar-refractivity contribution in [2.45, 2.75) is 44.7 Å². The van der Waals surface area contributed by atoms with Gasteiger partial charge in [-0.3, -0.25) is 13.9 Å². The van der Waals surface area contributed by atoms with Crippen molar-refractivity contribution < 1.29 is 22.4 Å². The molecule has 1 unspecified atom stereocenters. The standard InChI is InChI=1S/C29H33BrFN3O4S/c1-4-27(29(36)32-18-21(2)3)33(19-22-13-15-24(31)16-14-22)28(35)20-34(25-10-8-9-23(30)17-25)39(37,38)26-11-6-5-7-12-26/h5-17,21,27H,4,18-20H2,1-3H3,(H,32,36). The third-order valence-electron chi connectivity index (χ3n) is 6.04. The van der Waals surface area contributed by atoms with Gasteiger partial charge in [-0.15, -0.1) is 0 Å². The number of carbonyl (C=O) groups excluding carboxylic acids is 2. The number of amides is 2. The number of sulfonamides is 1. The molecule has 1 atom stereocenters. The van der Waals surface area contributed by atoms with Gasteiger partial charge in [0.1, 0.15) is 18.4 Å². The lowest BCUT2D eigenvalue weighted by Gasteiger charge is -2.33. The van der Waals surface area contributed by atoms with Gasteiger partial charge in [-0.1, -0.05) is 73.1 Å². The van der Waals surface area contributed by atoms with Gasteiger partial charge in [0.15, 0.2) is 0 Å². The molecule has 39 heavy (non-hydrogen) atoms. The lowest BCUT2D eigenvalue weighted by molar-refractivity contribution is -0.140. The smallest absolute Gasteiger partial charge is 0.264 e. The van der Waals surface area contributed by atoms with Crippen LogP contribution in [0.3, 0.4) is 0 Å². The average molecular weight is 619 g/mol. The first-order chi connectivity index (χ1) is 18.5. The minimum atomic E-state index is -4.14. The first-order valence-corrected chi connectivity index (χ1v) is 14.9. The van der Waals surface area contributed by atoms with Gasteiger partial charge in [0.2, 0.25) is 11.8 Å². The maximum atomic E-state index is 14.0. The average Bonchev–Trinajstić information content (AvgIpc) is 2.91. The van der Waals surface area contributed by atoms with Gasteiger partial charge in [-0.2, -0.15) is 0 Å². The molecule has 0 heterocycles. The van der Waals surface area contributed by atoms with Gasteiger partial charge in [0.25, 0.3) is 10.0 Å². The summed E-state index contributed by atoms with van der Waals surface area (Å²) in [5, 5.41) is 2.88. The third kappa shape index (κ3) is 8.12. The van der Waals surface area contributed by atoms with Gasteiger partial charge < -0.3 is 10.2 Å². The van der Waals surface area contributed by atoms with Crippen LogP contribution in [0.15, 0.2) is 88.2 Å². The predicted molar refractivity (Wildman–Crippen MR) is 154 cm³/mol. The van der Waals surface area contributed by atoms with Crippen LogP contribution < -0.4 is 9.62 Å². The summed E-state index contributed by atoms with van der Waals surface area (Å²) in [7, 11) is -4.14. The highest BCUT2D eigenvalue weighted by Crippen LogP contribution is 2.27. The largest absolute Gasteiger partial charge is 0.354 e. The quantitative estimate of drug-likeness (QED) is 0.296. The summed E-state index contributed by atoms with van der Waals surface area (Å²) < 4.78 is 42.8. The number of hydrogen-bond donors (Lipinski definition) is 1. The summed E-state index contributed by atoms with van der Waals surface area (Å²) in [6, 6.07) is 19.3. The molecule has 0 aromatic heterocycles. The molecule has 3 rings (SSSR count). The monoisotopic (exact) mass is 617 g/mol. The molecule has 0 aliphatic heterocycles. The van der Waals surface area contributed by atoms with E-state index in [1.807, 2.05) is 13.8 Å². The molecule has 208 valence electrons. The highest BCUT2D eigenvalue weighted by molar-refractivity contribution is 9.10. The van der Waals surface area contributed by atoms with Crippen LogP contribution in [-0.4, -0.2) is 44.3 Å². The van der Waals surface area contributed by atoms with E-state index >= 15 is 0 Å². The van der Waals surface area contributed by atoms with E-state index in [9.17, 15) is 22.4 Å². The summed E-state index contributed by atoms with van der Waals surface area (Å²) in [6.07, 6.45) is 0.305. The molecule has 10 heteroatoms. The minimum absolute atomic E-state index is 0.00439. The Morgan fingerprint density at radius 3 is 2.23 bits per heavy atom. The number of anilines is 1. The van der Waals surface area contributed by atoms with Crippen LogP contribution in [0, 0.1) is 11.7 Å². The van der Waals surface area contributed by atoms with Gasteiger partial charge in [-0.05, 0) is 60.4 Å². The molecule has 3 aromatic carbocycles. The van der Waals surface area contributed by atoms with Crippen molar-refractivity contribution in [1.29, 1.82) is 0 Å². The Hall–Kier alpha value is -3.24. The van der Waals surface area contributed by atoms with Crippen LogP contribution in [-0.2, 0) is 26.2 Å². The van der Waals surface area contributed by atoms with Gasteiger partial charge in [0.05, 0.1) is 10.6 Å². The second-order valence-corrected chi connectivity index (χ2v) is 12.3. The number of hydrogen-bond acceptors (Lipinski definition) is 4. The van der Waals surface area contributed by atoms with Crippen molar-refractivity contribution >= 4 is 43.5 Å². The van der Waals surface area contributed by atoms with Crippen molar-refractivity contribution in [2.75, 3.05) is 17.4 Å². The fourth-order valence-electron chi connectivity index (χ4n) is 4.01. The minimum Gasteiger partial charge on any atom is -0.354 e. The first kappa shape index (κ1) is 30.3. The molecule has 0 aliphatic carbocycles. The Morgan fingerprint density at radius 2 is 1.64 bits per heavy atom. The van der Waals surface area contributed by atoms with E-state index in [0.29, 0.717) is 28.7 Å². The Labute approximate surface area is 238 Å². The van der Waals surface area contributed by atoms with Crippen molar-refractivity contribution in [1.82, 2.24) is 10.2 Å². The number of nitrogens with one attached hydrogen (secondary N) is 1. The zero-order valence-electron chi connectivity index (χ0n) is 22.2. The Bertz CT molecular complexity index is 1370. The molecule has 0 spiro atoms. The third-order valence-corrected chi connectivity index (χ3v) is 8.32. The summed E-state index contributed by atoms with van der Waals surface area (Å²) in [5.74, 6) is -1.11. The van der Waals surface area contributed by atoms with E-state index in [1.165, 1.54) is 29.2 Å². The summed E-state index contributed by atoms with van der Waals surface area (Å²) in [6.45, 7) is 5.62. The van der Waals surface area contributed by atoms with Crippen molar-refractivity contribution in [3.05, 3.63) is 94.7 Å². The Morgan fingerprint density at radius 1 is 0.974 bits per heavy atom. The molecule has 1 N–H and O–H groups in total. The molecule has 0 saturated carbocycles. The van der Waals surface area contributed by atoms with Gasteiger partial charge >= 0.3 is 0 Å². The zero-order valence-corrected chi connectivity index (χ0v) is 24.6. The van der Waals surface area contributed by atoms with Crippen molar-refractivity contribution in [3.8, 4) is 0 Å². The molecule has 0 radical (unpaired) electrons.